The highest BCUT2D eigenvalue weighted by molar-refractivity contribution is 7.11. The summed E-state index contributed by atoms with van der Waals surface area (Å²) in [5, 5.41) is 7.46. The van der Waals surface area contributed by atoms with Crippen LogP contribution in [0, 0.1) is 25.5 Å². The number of hydrogen-bond acceptors (Lipinski definition) is 3. The maximum Gasteiger partial charge on any atom is 0.191 e. The molecule has 0 aliphatic rings. The van der Waals surface area contributed by atoms with E-state index in [0.29, 0.717) is 18.1 Å². The Kier molecular flexibility index (Phi) is 6.87. The van der Waals surface area contributed by atoms with Crippen molar-refractivity contribution >= 4 is 17.3 Å². The van der Waals surface area contributed by atoms with Gasteiger partial charge in [0.25, 0.3) is 0 Å². The van der Waals surface area contributed by atoms with E-state index in [1.807, 2.05) is 27.7 Å². The van der Waals surface area contributed by atoms with E-state index >= 15 is 0 Å². The Labute approximate surface area is 151 Å². The molecule has 0 amide bonds. The Hall–Kier alpha value is -2.02. The zero-order chi connectivity index (χ0) is 18.4. The third-order valence-electron chi connectivity index (χ3n) is 3.75. The Morgan fingerprint density at radius 3 is 2.64 bits per heavy atom. The topological polar surface area (TPSA) is 49.3 Å². The van der Waals surface area contributed by atoms with Gasteiger partial charge in [-0.05, 0) is 45.4 Å². The molecule has 0 bridgehead atoms. The van der Waals surface area contributed by atoms with E-state index in [4.69, 9.17) is 0 Å². The Bertz CT molecular complexity index is 743. The number of nitrogens with one attached hydrogen (secondary N) is 2. The van der Waals surface area contributed by atoms with Crippen molar-refractivity contribution in [3.05, 3.63) is 51.0 Å². The van der Waals surface area contributed by atoms with Gasteiger partial charge in [0.1, 0.15) is 0 Å². The van der Waals surface area contributed by atoms with Gasteiger partial charge in [0, 0.05) is 24.4 Å². The summed E-state index contributed by atoms with van der Waals surface area (Å²) < 4.78 is 26.5. The predicted molar refractivity (Wildman–Crippen MR) is 99.2 cm³/mol. The van der Waals surface area contributed by atoms with Gasteiger partial charge in [-0.25, -0.2) is 13.8 Å². The highest BCUT2D eigenvalue weighted by Gasteiger charge is 2.11. The fourth-order valence-electron chi connectivity index (χ4n) is 2.46. The molecule has 4 nitrogen and oxygen atoms in total. The summed E-state index contributed by atoms with van der Waals surface area (Å²) in [5.41, 5.74) is 1.73. The normalized spacial score (nSPS) is 13.0. The maximum absolute atomic E-state index is 13.4. The zero-order valence-corrected chi connectivity index (χ0v) is 15.8. The molecule has 2 aromatic rings. The molecule has 2 rings (SSSR count). The summed E-state index contributed by atoms with van der Waals surface area (Å²) in [4.78, 5) is 10.2. The molecule has 136 valence electrons. The minimum absolute atomic E-state index is 0.194. The number of guanidine groups is 1. The van der Waals surface area contributed by atoms with Gasteiger partial charge in [-0.15, -0.1) is 11.3 Å². The number of aryl methyl sites for hydroxylation is 2. The van der Waals surface area contributed by atoms with E-state index in [0.717, 1.165) is 29.7 Å². The Morgan fingerprint density at radius 1 is 1.28 bits per heavy atom. The summed E-state index contributed by atoms with van der Waals surface area (Å²) in [5.74, 6) is -1.03. The third kappa shape index (κ3) is 5.49. The number of halogens is 2. The number of benzene rings is 1. The molecule has 0 spiro atoms. The lowest BCUT2D eigenvalue weighted by atomic mass is 10.1. The van der Waals surface area contributed by atoms with Crippen LogP contribution in [0.4, 0.5) is 8.78 Å². The van der Waals surface area contributed by atoms with Crippen LogP contribution in [0.3, 0.4) is 0 Å². The number of thiazole rings is 1. The van der Waals surface area contributed by atoms with Crippen molar-refractivity contribution < 1.29 is 8.78 Å². The van der Waals surface area contributed by atoms with Crippen LogP contribution in [0.15, 0.2) is 23.2 Å². The molecule has 0 saturated heterocycles. The summed E-state index contributed by atoms with van der Waals surface area (Å²) in [6, 6.07) is 3.73. The maximum atomic E-state index is 13.4. The summed E-state index contributed by atoms with van der Waals surface area (Å²) in [6.45, 7) is 9.22. The second kappa shape index (κ2) is 8.89. The molecule has 1 aromatic carbocycles. The average molecular weight is 366 g/mol. The Morgan fingerprint density at radius 2 is 2.04 bits per heavy atom. The van der Waals surface area contributed by atoms with Crippen LogP contribution in [-0.2, 0) is 6.42 Å². The molecule has 25 heavy (non-hydrogen) atoms. The minimum atomic E-state index is -0.843. The number of aromatic nitrogens is 1. The molecule has 0 saturated carbocycles. The smallest absolute Gasteiger partial charge is 0.191 e. The van der Waals surface area contributed by atoms with Gasteiger partial charge in [-0.3, -0.25) is 4.99 Å². The third-order valence-corrected chi connectivity index (χ3v) is 4.88. The first-order valence-electron chi connectivity index (χ1n) is 8.33. The lowest BCUT2D eigenvalue weighted by Gasteiger charge is -2.18. The van der Waals surface area contributed by atoms with E-state index in [1.165, 1.54) is 10.9 Å². The highest BCUT2D eigenvalue weighted by atomic mass is 32.1. The van der Waals surface area contributed by atoms with Gasteiger partial charge in [-0.1, -0.05) is 6.07 Å². The van der Waals surface area contributed by atoms with Gasteiger partial charge in [0.2, 0.25) is 0 Å². The van der Waals surface area contributed by atoms with Gasteiger partial charge in [0.15, 0.2) is 17.6 Å². The molecule has 1 atom stereocenters. The van der Waals surface area contributed by atoms with Crippen molar-refractivity contribution in [2.24, 2.45) is 4.99 Å². The second-order valence-corrected chi connectivity index (χ2v) is 7.08. The molecule has 1 unspecified atom stereocenters. The quantitative estimate of drug-likeness (QED) is 0.602. The van der Waals surface area contributed by atoms with Crippen molar-refractivity contribution in [2.75, 3.05) is 13.1 Å². The number of rotatable bonds is 6. The van der Waals surface area contributed by atoms with Gasteiger partial charge < -0.3 is 10.6 Å². The molecule has 1 heterocycles. The zero-order valence-electron chi connectivity index (χ0n) is 15.0. The summed E-state index contributed by atoms with van der Waals surface area (Å²) in [7, 11) is 0. The van der Waals surface area contributed by atoms with Crippen LogP contribution < -0.4 is 10.6 Å². The predicted octanol–water partition coefficient (Wildman–Crippen LogP) is 3.90. The van der Waals surface area contributed by atoms with Crippen molar-refractivity contribution in [3.8, 4) is 0 Å². The van der Waals surface area contributed by atoms with Crippen molar-refractivity contribution in [1.29, 1.82) is 0 Å². The Balaban J connectivity index is 2.01. The first-order chi connectivity index (χ1) is 11.9. The fourth-order valence-corrected chi connectivity index (χ4v) is 3.39. The SMILES string of the molecule is CCNC(=NCCc1sc(C)nc1C)NC(C)c1ccc(F)c(F)c1. The summed E-state index contributed by atoms with van der Waals surface area (Å²) >= 11 is 1.69. The number of aliphatic imine (C=N–C) groups is 1. The number of nitrogens with zero attached hydrogens (tertiary/aromatic N) is 2. The molecule has 0 aliphatic heterocycles. The van der Waals surface area contributed by atoms with Crippen LogP contribution in [-0.4, -0.2) is 24.0 Å². The molecule has 1 aromatic heterocycles. The fraction of sp³-hybridized carbons (Fsp3) is 0.444. The summed E-state index contributed by atoms with van der Waals surface area (Å²) in [6.07, 6.45) is 0.827. The van der Waals surface area contributed by atoms with Gasteiger partial charge >= 0.3 is 0 Å². The molecule has 0 aliphatic carbocycles. The van der Waals surface area contributed by atoms with E-state index in [9.17, 15) is 8.78 Å². The first kappa shape index (κ1) is 19.3. The van der Waals surface area contributed by atoms with Crippen molar-refractivity contribution in [1.82, 2.24) is 15.6 Å². The lowest BCUT2D eigenvalue weighted by molar-refractivity contribution is 0.504. The molecule has 7 heteroatoms. The molecular formula is C18H24F2N4S. The molecule has 0 fully saturated rings. The minimum Gasteiger partial charge on any atom is -0.357 e. The van der Waals surface area contributed by atoms with Crippen LogP contribution in [0.1, 0.15) is 41.0 Å². The van der Waals surface area contributed by atoms with Gasteiger partial charge in [-0.2, -0.15) is 0 Å². The average Bonchev–Trinajstić information content (AvgIpc) is 2.87. The highest BCUT2D eigenvalue weighted by Crippen LogP contribution is 2.18. The van der Waals surface area contributed by atoms with Crippen molar-refractivity contribution in [3.63, 3.8) is 0 Å². The molecule has 2 N–H and O–H groups in total. The van der Waals surface area contributed by atoms with Crippen LogP contribution in [0.5, 0.6) is 0 Å². The molecule has 0 radical (unpaired) electrons. The second-order valence-electron chi connectivity index (χ2n) is 5.79. The van der Waals surface area contributed by atoms with E-state index in [1.54, 1.807) is 17.4 Å². The van der Waals surface area contributed by atoms with E-state index in [2.05, 4.69) is 20.6 Å². The first-order valence-corrected chi connectivity index (χ1v) is 9.15. The van der Waals surface area contributed by atoms with E-state index < -0.39 is 11.6 Å². The van der Waals surface area contributed by atoms with Gasteiger partial charge in [0.05, 0.1) is 16.7 Å². The molecular weight excluding hydrogens is 342 g/mol. The lowest BCUT2D eigenvalue weighted by Crippen LogP contribution is -2.39. The van der Waals surface area contributed by atoms with E-state index in [-0.39, 0.29) is 6.04 Å². The van der Waals surface area contributed by atoms with Crippen LogP contribution in [0.2, 0.25) is 0 Å². The standard InChI is InChI=1S/C18H24F2N4S/c1-5-21-18(22-9-8-17-12(3)23-13(4)25-17)24-11(2)14-6-7-15(19)16(20)10-14/h6-7,10-11H,5,8-9H2,1-4H3,(H2,21,22,24). The largest absolute Gasteiger partial charge is 0.357 e. The van der Waals surface area contributed by atoms with Crippen LogP contribution >= 0.6 is 11.3 Å². The van der Waals surface area contributed by atoms with Crippen molar-refractivity contribution in [2.45, 2.75) is 40.2 Å². The van der Waals surface area contributed by atoms with Crippen LogP contribution in [0.25, 0.3) is 0 Å². The monoisotopic (exact) mass is 366 g/mol. The number of hydrogen-bond donors (Lipinski definition) is 2.